The molecular weight excluding hydrogens is 422 g/mol. The van der Waals surface area contributed by atoms with Crippen LogP contribution in [0.4, 0.5) is 4.79 Å². The van der Waals surface area contributed by atoms with Crippen molar-refractivity contribution in [2.75, 3.05) is 6.61 Å². The largest absolute Gasteiger partial charge is 0.490 e. The number of ether oxygens (including phenoxy) is 2. The summed E-state index contributed by atoms with van der Waals surface area (Å²) in [6.07, 6.45) is 2.65. The number of hydrogen-bond acceptors (Lipinski definition) is 5. The van der Waals surface area contributed by atoms with E-state index in [0.29, 0.717) is 28.0 Å². The van der Waals surface area contributed by atoms with Crippen LogP contribution in [-0.4, -0.2) is 28.8 Å². The van der Waals surface area contributed by atoms with Gasteiger partial charge < -0.3 is 9.47 Å². The monoisotopic (exact) mass is 445 g/mol. The molecule has 1 atom stereocenters. The highest BCUT2D eigenvalue weighted by Crippen LogP contribution is 2.36. The van der Waals surface area contributed by atoms with E-state index in [1.165, 1.54) is 4.90 Å². The molecule has 0 aliphatic carbocycles. The molecule has 1 aliphatic rings. The molecule has 2 aromatic rings. The average Bonchev–Trinajstić information content (AvgIpc) is 2.99. The van der Waals surface area contributed by atoms with E-state index < -0.39 is 0 Å². The summed E-state index contributed by atoms with van der Waals surface area (Å²) in [6.45, 7) is 6.60. The Kier molecular flexibility index (Phi) is 7.45. The molecule has 0 saturated carbocycles. The van der Waals surface area contributed by atoms with E-state index in [1.54, 1.807) is 18.2 Å². The zero-order chi connectivity index (χ0) is 21.7. The van der Waals surface area contributed by atoms with Crippen molar-refractivity contribution in [1.29, 1.82) is 0 Å². The molecule has 0 radical (unpaired) electrons. The van der Waals surface area contributed by atoms with Crippen LogP contribution in [0.5, 0.6) is 11.5 Å². The number of carbonyl (C=O) groups excluding carboxylic acids is 2. The molecule has 7 heteroatoms. The van der Waals surface area contributed by atoms with Crippen molar-refractivity contribution in [2.24, 2.45) is 0 Å². The second kappa shape index (κ2) is 10.0. The van der Waals surface area contributed by atoms with Gasteiger partial charge in [0, 0.05) is 5.02 Å². The van der Waals surface area contributed by atoms with Gasteiger partial charge in [-0.05, 0) is 67.4 Å². The molecule has 5 nitrogen and oxygen atoms in total. The summed E-state index contributed by atoms with van der Waals surface area (Å²) in [5.41, 5.74) is 1.49. The summed E-state index contributed by atoms with van der Waals surface area (Å²) in [7, 11) is 0. The van der Waals surface area contributed by atoms with Crippen LogP contribution >= 0.6 is 23.4 Å². The maximum absolute atomic E-state index is 12.8. The summed E-state index contributed by atoms with van der Waals surface area (Å²) in [6, 6.07) is 12.7. The van der Waals surface area contributed by atoms with Crippen LogP contribution in [0.3, 0.4) is 0 Å². The van der Waals surface area contributed by atoms with Gasteiger partial charge in [0.2, 0.25) is 0 Å². The molecule has 30 heavy (non-hydrogen) atoms. The fourth-order valence-corrected chi connectivity index (χ4v) is 3.90. The lowest BCUT2D eigenvalue weighted by atomic mass is 10.1. The van der Waals surface area contributed by atoms with E-state index in [9.17, 15) is 9.59 Å². The van der Waals surface area contributed by atoms with Gasteiger partial charge in [-0.25, -0.2) is 0 Å². The van der Waals surface area contributed by atoms with Crippen LogP contribution in [0.1, 0.15) is 38.3 Å². The first-order valence-electron chi connectivity index (χ1n) is 9.85. The minimum absolute atomic E-state index is 0.0661. The Morgan fingerprint density at radius 1 is 1.13 bits per heavy atom. The summed E-state index contributed by atoms with van der Waals surface area (Å²) >= 11 is 7.10. The molecule has 0 spiro atoms. The Labute approximate surface area is 186 Å². The van der Waals surface area contributed by atoms with Crippen LogP contribution in [0.15, 0.2) is 47.4 Å². The van der Waals surface area contributed by atoms with Crippen LogP contribution < -0.4 is 9.47 Å². The predicted molar refractivity (Wildman–Crippen MR) is 121 cm³/mol. The van der Waals surface area contributed by atoms with Crippen LogP contribution in [-0.2, 0) is 11.3 Å². The maximum atomic E-state index is 12.8. The second-order valence-corrected chi connectivity index (χ2v) is 8.24. The van der Waals surface area contributed by atoms with Gasteiger partial charge >= 0.3 is 0 Å². The maximum Gasteiger partial charge on any atom is 0.293 e. The molecule has 3 rings (SSSR count). The molecule has 2 amide bonds. The lowest BCUT2D eigenvalue weighted by Gasteiger charge is -2.16. The quantitative estimate of drug-likeness (QED) is 0.456. The van der Waals surface area contributed by atoms with Crippen molar-refractivity contribution in [3.05, 3.63) is 63.5 Å². The zero-order valence-corrected chi connectivity index (χ0v) is 18.8. The third kappa shape index (κ3) is 5.18. The lowest BCUT2D eigenvalue weighted by molar-refractivity contribution is -0.123. The molecule has 0 bridgehead atoms. The van der Waals surface area contributed by atoms with Gasteiger partial charge in [0.05, 0.1) is 24.2 Å². The highest BCUT2D eigenvalue weighted by atomic mass is 35.5. The predicted octanol–water partition coefficient (Wildman–Crippen LogP) is 6.15. The highest BCUT2D eigenvalue weighted by molar-refractivity contribution is 8.18. The average molecular weight is 446 g/mol. The summed E-state index contributed by atoms with van der Waals surface area (Å²) in [4.78, 5) is 26.8. The van der Waals surface area contributed by atoms with Gasteiger partial charge in [-0.2, -0.15) is 0 Å². The fourth-order valence-electron chi connectivity index (χ4n) is 2.86. The van der Waals surface area contributed by atoms with E-state index in [1.807, 2.05) is 44.2 Å². The SMILES string of the molecule is CCOc1cc(/C=C2/SC(=O)N(Cc3ccccc3Cl)C2=O)ccc1O[C@@H](C)CC. The van der Waals surface area contributed by atoms with Crippen LogP contribution in [0, 0.1) is 0 Å². The van der Waals surface area contributed by atoms with Crippen molar-refractivity contribution in [3.8, 4) is 11.5 Å². The van der Waals surface area contributed by atoms with E-state index in [0.717, 1.165) is 29.3 Å². The Bertz CT molecular complexity index is 975. The molecule has 1 fully saturated rings. The van der Waals surface area contributed by atoms with Crippen LogP contribution in [0.2, 0.25) is 5.02 Å². The molecule has 158 valence electrons. The van der Waals surface area contributed by atoms with Crippen molar-refractivity contribution < 1.29 is 19.1 Å². The number of hydrogen-bond donors (Lipinski definition) is 0. The van der Waals surface area contributed by atoms with E-state index in [-0.39, 0.29) is 23.8 Å². The summed E-state index contributed by atoms with van der Waals surface area (Å²) < 4.78 is 11.6. The number of rotatable bonds is 8. The second-order valence-electron chi connectivity index (χ2n) is 6.84. The summed E-state index contributed by atoms with van der Waals surface area (Å²) in [5.74, 6) is 0.944. The van der Waals surface area contributed by atoms with Crippen molar-refractivity contribution in [1.82, 2.24) is 4.90 Å². The number of nitrogens with zero attached hydrogens (tertiary/aromatic N) is 1. The topological polar surface area (TPSA) is 55.8 Å². The minimum Gasteiger partial charge on any atom is -0.490 e. The molecule has 2 aromatic carbocycles. The Morgan fingerprint density at radius 3 is 2.60 bits per heavy atom. The summed E-state index contributed by atoms with van der Waals surface area (Å²) in [5, 5.41) is 0.215. The number of imide groups is 1. The zero-order valence-electron chi connectivity index (χ0n) is 17.2. The first-order valence-corrected chi connectivity index (χ1v) is 11.0. The molecule has 0 unspecified atom stereocenters. The number of thioether (sulfide) groups is 1. The minimum atomic E-state index is -0.331. The Hall–Kier alpha value is -2.44. The number of amides is 2. The van der Waals surface area contributed by atoms with Gasteiger partial charge in [-0.1, -0.05) is 42.8 Å². The van der Waals surface area contributed by atoms with Gasteiger partial charge in [0.25, 0.3) is 11.1 Å². The third-order valence-electron chi connectivity index (χ3n) is 4.63. The van der Waals surface area contributed by atoms with Crippen molar-refractivity contribution >= 4 is 40.6 Å². The standard InChI is InChI=1S/C23H24ClNO4S/c1-4-15(3)29-19-11-10-16(12-20(19)28-5-2)13-21-22(26)25(23(27)30-21)14-17-8-6-7-9-18(17)24/h6-13,15H,4-5,14H2,1-3H3/b21-13+/t15-/m0/s1. The van der Waals surface area contributed by atoms with Crippen molar-refractivity contribution in [3.63, 3.8) is 0 Å². The third-order valence-corrected chi connectivity index (χ3v) is 5.90. The smallest absolute Gasteiger partial charge is 0.293 e. The lowest BCUT2D eigenvalue weighted by Crippen LogP contribution is -2.27. The van der Waals surface area contributed by atoms with Gasteiger partial charge in [-0.15, -0.1) is 0 Å². The molecule has 1 saturated heterocycles. The van der Waals surface area contributed by atoms with E-state index in [2.05, 4.69) is 6.92 Å². The van der Waals surface area contributed by atoms with Crippen molar-refractivity contribution in [2.45, 2.75) is 39.8 Å². The van der Waals surface area contributed by atoms with Gasteiger partial charge in [-0.3, -0.25) is 14.5 Å². The van der Waals surface area contributed by atoms with Gasteiger partial charge in [0.1, 0.15) is 0 Å². The molecule has 1 aliphatic heterocycles. The number of benzene rings is 2. The van der Waals surface area contributed by atoms with Crippen LogP contribution in [0.25, 0.3) is 6.08 Å². The number of carbonyl (C=O) groups is 2. The molecular formula is C23H24ClNO4S. The number of halogens is 1. The first kappa shape index (κ1) is 22.2. The fraction of sp³-hybridized carbons (Fsp3) is 0.304. The van der Waals surface area contributed by atoms with E-state index in [4.69, 9.17) is 21.1 Å². The molecule has 0 aromatic heterocycles. The highest BCUT2D eigenvalue weighted by Gasteiger charge is 2.35. The molecule has 0 N–H and O–H groups in total. The first-order chi connectivity index (χ1) is 14.4. The van der Waals surface area contributed by atoms with Gasteiger partial charge in [0.15, 0.2) is 11.5 Å². The Morgan fingerprint density at radius 2 is 1.90 bits per heavy atom. The Balaban J connectivity index is 1.82. The molecule has 1 heterocycles. The van der Waals surface area contributed by atoms with E-state index >= 15 is 0 Å². The normalized spacial score (nSPS) is 16.3.